The predicted octanol–water partition coefficient (Wildman–Crippen LogP) is 19.3. The van der Waals surface area contributed by atoms with Crippen LogP contribution in [-0.2, 0) is 56.0 Å². The first-order chi connectivity index (χ1) is 43.3. The number of carboxylic acids is 9. The van der Waals surface area contributed by atoms with Gasteiger partial charge in [0.05, 0.1) is 35.5 Å². The van der Waals surface area contributed by atoms with Gasteiger partial charge in [0.15, 0.2) is 0 Å². The average Bonchev–Trinajstić information content (AvgIpc) is 2.66. The third-order valence-electron chi connectivity index (χ3n) is 16.1. The molecule has 0 spiro atoms. The Labute approximate surface area is 563 Å². The molecule has 2 aliphatic rings. The maximum absolute atomic E-state index is 11.1. The molecule has 0 amide bonds. The molecule has 544 valence electrons. The van der Waals surface area contributed by atoms with Crippen LogP contribution in [-0.4, -0.2) is 99.7 Å². The Morgan fingerprint density at radius 2 is 0.688 bits per heavy atom. The first kappa shape index (κ1) is 103. The molecule has 6 atom stereocenters. The Balaban J connectivity index is -0.000000143. The number of aliphatic carboxylic acids is 9. The molecule has 93 heavy (non-hydrogen) atoms. The summed E-state index contributed by atoms with van der Waals surface area (Å²) in [6.45, 7) is 41.2. The van der Waals surface area contributed by atoms with E-state index in [1.165, 1.54) is 67.2 Å². The van der Waals surface area contributed by atoms with Crippen molar-refractivity contribution in [2.75, 3.05) is 0 Å². The highest BCUT2D eigenvalue weighted by Gasteiger charge is 2.36. The molecule has 2 aromatic rings. The Morgan fingerprint density at radius 3 is 0.817 bits per heavy atom. The molecule has 0 bridgehead atoms. The van der Waals surface area contributed by atoms with Gasteiger partial charge >= 0.3 is 35.8 Å². The summed E-state index contributed by atoms with van der Waals surface area (Å²) in [6.07, 6.45) is 23.1. The van der Waals surface area contributed by atoms with Gasteiger partial charge in [-0.3, -0.25) is 43.2 Å². The van der Waals surface area contributed by atoms with E-state index in [4.69, 9.17) is 60.3 Å². The lowest BCUT2D eigenvalue weighted by Crippen LogP contribution is -2.33. The van der Waals surface area contributed by atoms with Crippen LogP contribution in [0.5, 0.6) is 0 Å². The van der Waals surface area contributed by atoms with Gasteiger partial charge in [-0.2, -0.15) is 0 Å². The summed E-state index contributed by atoms with van der Waals surface area (Å²) < 4.78 is 0. The lowest BCUT2D eigenvalue weighted by Gasteiger charge is -2.34. The summed E-state index contributed by atoms with van der Waals surface area (Å²) in [5.41, 5.74) is 5.51. The van der Waals surface area contributed by atoms with Gasteiger partial charge in [0.1, 0.15) is 0 Å². The second-order valence-corrected chi connectivity index (χ2v) is 24.2. The van der Waals surface area contributed by atoms with E-state index >= 15 is 0 Å². The summed E-state index contributed by atoms with van der Waals surface area (Å²) in [4.78, 5) is 88.7. The zero-order valence-electron chi connectivity index (χ0n) is 62.0. The van der Waals surface area contributed by atoms with E-state index in [0.717, 1.165) is 122 Å². The molecular formula is C75H136O18. The zero-order chi connectivity index (χ0) is 74.4. The van der Waals surface area contributed by atoms with Crippen molar-refractivity contribution in [2.24, 2.45) is 65.1 Å². The number of carboxylic acid groups (broad SMARTS) is 9. The molecule has 0 saturated heterocycles. The van der Waals surface area contributed by atoms with Crippen LogP contribution < -0.4 is 0 Å². The van der Waals surface area contributed by atoms with Crippen LogP contribution in [0.4, 0.5) is 0 Å². The van der Waals surface area contributed by atoms with Gasteiger partial charge in [0, 0.05) is 20.8 Å². The minimum Gasteiger partial charge on any atom is -0.481 e. The fourth-order valence-corrected chi connectivity index (χ4v) is 8.91. The van der Waals surface area contributed by atoms with Crippen LogP contribution in [0.3, 0.4) is 0 Å². The molecule has 0 radical (unpaired) electrons. The molecule has 2 aliphatic carbocycles. The van der Waals surface area contributed by atoms with E-state index in [9.17, 15) is 28.8 Å². The second-order valence-electron chi connectivity index (χ2n) is 24.2. The van der Waals surface area contributed by atoms with Crippen LogP contribution in [0.2, 0.25) is 0 Å². The van der Waals surface area contributed by atoms with Crippen molar-refractivity contribution in [1.29, 1.82) is 0 Å². The monoisotopic (exact) mass is 1320 g/mol. The fourth-order valence-electron chi connectivity index (χ4n) is 8.91. The average molecular weight is 1330 g/mol. The van der Waals surface area contributed by atoms with Crippen molar-refractivity contribution >= 4 is 53.7 Å². The number of benzene rings is 2. The van der Waals surface area contributed by atoms with Gasteiger partial charge in [-0.1, -0.05) is 248 Å². The topological polar surface area (TPSA) is 336 Å². The van der Waals surface area contributed by atoms with Crippen molar-refractivity contribution in [3.8, 4) is 0 Å². The summed E-state index contributed by atoms with van der Waals surface area (Å²) >= 11 is 0. The number of rotatable bonds is 21. The Hall–Kier alpha value is -6.33. The van der Waals surface area contributed by atoms with Crippen LogP contribution in [0.1, 0.15) is 283 Å². The van der Waals surface area contributed by atoms with E-state index in [1.807, 2.05) is 55.4 Å². The smallest absolute Gasteiger partial charge is 0.307 e. The van der Waals surface area contributed by atoms with Gasteiger partial charge in [-0.25, -0.2) is 0 Å². The quantitative estimate of drug-likeness (QED) is 0.0561. The van der Waals surface area contributed by atoms with E-state index < -0.39 is 53.7 Å². The van der Waals surface area contributed by atoms with Crippen molar-refractivity contribution < 1.29 is 89.1 Å². The number of carbonyl (C=O) groups is 9. The molecule has 4 rings (SSSR count). The van der Waals surface area contributed by atoms with Gasteiger partial charge in [0.2, 0.25) is 0 Å². The zero-order valence-corrected chi connectivity index (χ0v) is 62.0. The first-order valence-corrected chi connectivity index (χ1v) is 34.3. The van der Waals surface area contributed by atoms with E-state index in [-0.39, 0.29) is 41.4 Å². The van der Waals surface area contributed by atoms with Gasteiger partial charge in [0.25, 0.3) is 17.9 Å². The molecular weight excluding hydrogens is 1190 g/mol. The molecule has 9 N–H and O–H groups in total. The minimum absolute atomic E-state index is 0.0660. The second kappa shape index (κ2) is 68.5. The lowest BCUT2D eigenvalue weighted by molar-refractivity contribution is -0.148. The highest BCUT2D eigenvalue weighted by Crippen LogP contribution is 2.38. The third kappa shape index (κ3) is 71.4. The SMILES string of the molecule is CC(=O)O.CC(=O)O.CC(=O)O.CC(C)C(C)C(=O)O.CCC(C)C(=O)O.CCC(CC)C(=O)O.CCC1CCC(CC)CC1.CCC1CCCC(CC)C1C(=O)O.CCCC(C)C(=O)O.CCCC(CC)C(=O)O.CCc1ccc(CC)cc1.Cc1ccc(C)cc1. The van der Waals surface area contributed by atoms with Crippen LogP contribution >= 0.6 is 0 Å². The van der Waals surface area contributed by atoms with Crippen molar-refractivity contribution in [2.45, 2.75) is 287 Å². The summed E-state index contributed by atoms with van der Waals surface area (Å²) in [5, 5.41) is 73.1. The number of hydrogen-bond donors (Lipinski definition) is 9. The molecule has 2 fully saturated rings. The third-order valence-corrected chi connectivity index (χ3v) is 16.1. The van der Waals surface area contributed by atoms with Crippen molar-refractivity contribution in [3.05, 3.63) is 70.8 Å². The maximum Gasteiger partial charge on any atom is 0.307 e. The molecule has 0 heterocycles. The van der Waals surface area contributed by atoms with E-state index in [2.05, 4.69) is 104 Å². The maximum atomic E-state index is 11.1. The molecule has 6 unspecified atom stereocenters. The molecule has 2 saturated carbocycles. The van der Waals surface area contributed by atoms with Crippen LogP contribution in [0.25, 0.3) is 0 Å². The van der Waals surface area contributed by atoms with Gasteiger partial charge in [-0.05, 0) is 119 Å². The largest absolute Gasteiger partial charge is 0.481 e. The number of hydrogen-bond acceptors (Lipinski definition) is 9. The minimum atomic E-state index is -0.833. The number of aryl methyl sites for hydroxylation is 4. The fraction of sp³-hybridized carbons (Fsp3) is 0.720. The van der Waals surface area contributed by atoms with E-state index in [1.54, 1.807) is 20.8 Å². The summed E-state index contributed by atoms with van der Waals surface area (Å²) in [6, 6.07) is 17.3. The first-order valence-electron chi connectivity index (χ1n) is 34.3. The Kier molecular flexibility index (Phi) is 75.7. The molecule has 18 heteroatoms. The lowest BCUT2D eigenvalue weighted by atomic mass is 9.70. The van der Waals surface area contributed by atoms with Crippen LogP contribution in [0.15, 0.2) is 48.5 Å². The molecule has 2 aromatic carbocycles. The standard InChI is InChI=1S/C11H20O2.C10H20.C10H14.C8H10.C7H14O2.3C6H12O2.C5H10O2.3C2H4O2/c1-3-8-6-5-7-9(4-2)10(8)11(12)13;2*1-3-9-5-7-10(4-2)8-6-9;1-7-3-5-8(2)6-4-7;1-3-5-6(4-2)7(8)9;1-4(2)5(3)6(7)8;1-3-4-5(2)6(7)8;1-3-5(4-2)6(7)8;1-3-4(2)5(6)7;3*1-2(3)4/h8-10H,3-7H2,1-2H3,(H,12,13);9-10H,3-8H2,1-2H3;5-8H,3-4H2,1-2H3;3-6H,1-2H3;6H,3-5H2,1-2H3,(H,8,9);4-5H,1-3H3,(H,7,8);2*5H,3-4H2,1-2H3,(H,7,8);4H,3H2,1-2H3,(H,6,7);3*1H3,(H,3,4). The Morgan fingerprint density at radius 1 is 0.387 bits per heavy atom. The molecule has 18 nitrogen and oxygen atoms in total. The van der Waals surface area contributed by atoms with Crippen molar-refractivity contribution in [1.82, 2.24) is 0 Å². The summed E-state index contributed by atoms with van der Waals surface area (Å²) in [5.74, 6) is -4.13. The van der Waals surface area contributed by atoms with Gasteiger partial charge in [-0.15, -0.1) is 0 Å². The van der Waals surface area contributed by atoms with Gasteiger partial charge < -0.3 is 46.0 Å². The van der Waals surface area contributed by atoms with E-state index in [0.29, 0.717) is 11.8 Å². The highest BCUT2D eigenvalue weighted by atomic mass is 16.4. The van der Waals surface area contributed by atoms with Crippen molar-refractivity contribution in [3.63, 3.8) is 0 Å². The highest BCUT2D eigenvalue weighted by molar-refractivity contribution is 5.72. The summed E-state index contributed by atoms with van der Waals surface area (Å²) in [7, 11) is 0. The molecule has 0 aromatic heterocycles. The normalized spacial score (nSPS) is 16.6. The predicted molar refractivity (Wildman–Crippen MR) is 378 cm³/mol. The Bertz CT molecular complexity index is 2020. The molecule has 0 aliphatic heterocycles. The van der Waals surface area contributed by atoms with Crippen LogP contribution in [0, 0.1) is 78.9 Å².